The van der Waals surface area contributed by atoms with Crippen LogP contribution in [0.5, 0.6) is 0 Å². The van der Waals surface area contributed by atoms with Crippen LogP contribution in [0.15, 0.2) is 30.3 Å². The van der Waals surface area contributed by atoms with Gasteiger partial charge in [0.05, 0.1) is 0 Å². The van der Waals surface area contributed by atoms with E-state index in [1.165, 1.54) is 0 Å². The van der Waals surface area contributed by atoms with Crippen molar-refractivity contribution in [1.29, 1.82) is 0 Å². The van der Waals surface area contributed by atoms with Crippen LogP contribution in [0.3, 0.4) is 0 Å². The van der Waals surface area contributed by atoms with Gasteiger partial charge in [0.25, 0.3) is 5.91 Å². The highest BCUT2D eigenvalue weighted by molar-refractivity contribution is 6.31. The zero-order chi connectivity index (χ0) is 11.0. The first-order valence-electron chi connectivity index (χ1n) is 5.19. The van der Waals surface area contributed by atoms with Crippen molar-refractivity contribution in [3.63, 3.8) is 0 Å². The second kappa shape index (κ2) is 3.78. The van der Waals surface area contributed by atoms with E-state index in [2.05, 4.69) is 5.32 Å². The van der Waals surface area contributed by atoms with E-state index in [-0.39, 0.29) is 5.91 Å². The highest BCUT2D eigenvalue weighted by atomic mass is 16.2. The number of carbonyl (C=O) groups is 1. The molecule has 0 unspecified atom stereocenters. The highest BCUT2D eigenvalue weighted by Gasteiger charge is 2.25. The van der Waals surface area contributed by atoms with Crippen LogP contribution < -0.4 is 5.32 Å². The highest BCUT2D eigenvalue weighted by Crippen LogP contribution is 2.35. The van der Waals surface area contributed by atoms with Crippen LogP contribution in [0.4, 0.5) is 5.69 Å². The minimum Gasteiger partial charge on any atom is -0.321 e. The Kier molecular flexibility index (Phi) is 2.28. The van der Waals surface area contributed by atoms with Gasteiger partial charge < -0.3 is 5.32 Å². The van der Waals surface area contributed by atoms with Crippen molar-refractivity contribution in [3.8, 4) is 0 Å². The molecule has 1 aliphatic carbocycles. The van der Waals surface area contributed by atoms with Crippen LogP contribution >= 0.6 is 0 Å². The number of benzene rings is 1. The smallest absolute Gasteiger partial charge is 0.256 e. The summed E-state index contributed by atoms with van der Waals surface area (Å²) in [5.41, 5.74) is 2.61. The van der Waals surface area contributed by atoms with E-state index < -0.39 is 0 Å². The Bertz CT molecular complexity index is 456. The predicted molar refractivity (Wildman–Crippen MR) is 63.5 cm³/mol. The topological polar surface area (TPSA) is 29.1 Å². The fourth-order valence-electron chi connectivity index (χ4n) is 1.93. The molecule has 0 saturated heterocycles. The van der Waals surface area contributed by atoms with Crippen molar-refractivity contribution >= 4 is 17.2 Å². The molecular weight excluding hydrogens is 198 g/mol. The lowest BCUT2D eigenvalue weighted by Gasteiger charge is -2.02. The van der Waals surface area contributed by atoms with Gasteiger partial charge in [-0.1, -0.05) is 24.3 Å². The summed E-state index contributed by atoms with van der Waals surface area (Å²) in [6.45, 7) is 0. The number of carbonyl (C=O) groups excluding carboxylic acids is 1. The number of allylic oxidation sites excluding steroid dienone is 1. The SMILES string of the molecule is O=C1Nc2ccccc2C1=C[C]1[CH][CH][CH][CH]1. The molecule has 1 amide bonds. The zero-order valence-corrected chi connectivity index (χ0v) is 8.60. The third kappa shape index (κ3) is 1.54. The quantitative estimate of drug-likeness (QED) is 0.705. The molecule has 0 spiro atoms. The number of para-hydroxylation sites is 1. The number of fused-ring (bicyclic) bond motifs is 1. The Labute approximate surface area is 95.4 Å². The molecule has 1 aromatic rings. The summed E-state index contributed by atoms with van der Waals surface area (Å²) in [6, 6.07) is 7.74. The molecule has 0 bridgehead atoms. The van der Waals surface area contributed by atoms with Crippen LogP contribution in [-0.2, 0) is 4.79 Å². The Morgan fingerprint density at radius 1 is 1.06 bits per heavy atom. The van der Waals surface area contributed by atoms with Crippen LogP contribution in [0.1, 0.15) is 5.56 Å². The number of rotatable bonds is 1. The molecule has 0 atom stereocenters. The Morgan fingerprint density at radius 3 is 2.62 bits per heavy atom. The maximum Gasteiger partial charge on any atom is 0.256 e. The lowest BCUT2D eigenvalue weighted by atomic mass is 10.00. The predicted octanol–water partition coefficient (Wildman–Crippen LogP) is 2.43. The maximum atomic E-state index is 11.8. The van der Waals surface area contributed by atoms with Gasteiger partial charge in [-0.15, -0.1) is 0 Å². The standard InChI is InChI=1S/C14H10NO/c16-14-12(9-10-5-1-2-6-10)11-7-3-4-8-13(11)15-14/h1-9H,(H,15,16). The zero-order valence-electron chi connectivity index (χ0n) is 8.60. The van der Waals surface area contributed by atoms with Gasteiger partial charge in [-0.05, 0) is 31.7 Å². The number of anilines is 1. The first kappa shape index (κ1) is 9.64. The molecule has 0 aromatic heterocycles. The van der Waals surface area contributed by atoms with E-state index in [0.717, 1.165) is 22.7 Å². The molecular formula is C14H10NO. The number of hydrogen-bond acceptors (Lipinski definition) is 1. The van der Waals surface area contributed by atoms with Gasteiger partial charge in [-0.25, -0.2) is 0 Å². The lowest BCUT2D eigenvalue weighted by Crippen LogP contribution is -2.04. The van der Waals surface area contributed by atoms with Gasteiger partial charge in [0.1, 0.15) is 0 Å². The lowest BCUT2D eigenvalue weighted by molar-refractivity contribution is -0.110. The van der Waals surface area contributed by atoms with Gasteiger partial charge in [0.2, 0.25) is 0 Å². The largest absolute Gasteiger partial charge is 0.321 e. The molecule has 1 fully saturated rings. The first-order valence-corrected chi connectivity index (χ1v) is 5.19. The summed E-state index contributed by atoms with van der Waals surface area (Å²) in [6.07, 6.45) is 9.82. The monoisotopic (exact) mass is 208 g/mol. The van der Waals surface area contributed by atoms with Crippen molar-refractivity contribution < 1.29 is 4.79 Å². The van der Waals surface area contributed by atoms with E-state index in [1.807, 2.05) is 56.0 Å². The molecule has 1 aliphatic heterocycles. The van der Waals surface area contributed by atoms with Crippen molar-refractivity contribution in [3.05, 3.63) is 67.5 Å². The van der Waals surface area contributed by atoms with Crippen molar-refractivity contribution in [1.82, 2.24) is 0 Å². The fourth-order valence-corrected chi connectivity index (χ4v) is 1.93. The molecule has 1 aromatic carbocycles. The Morgan fingerprint density at radius 2 is 1.81 bits per heavy atom. The minimum atomic E-state index is -0.0256. The van der Waals surface area contributed by atoms with Crippen LogP contribution in [0.25, 0.3) is 5.57 Å². The molecule has 3 rings (SSSR count). The Hall–Kier alpha value is -1.57. The second-order valence-electron chi connectivity index (χ2n) is 3.78. The molecule has 1 heterocycles. The van der Waals surface area contributed by atoms with Crippen molar-refractivity contribution in [2.24, 2.45) is 0 Å². The van der Waals surface area contributed by atoms with E-state index in [0.29, 0.717) is 0 Å². The van der Waals surface area contributed by atoms with Gasteiger partial charge >= 0.3 is 0 Å². The average molecular weight is 208 g/mol. The summed E-state index contributed by atoms with van der Waals surface area (Å²) in [5.74, 6) is 1.03. The summed E-state index contributed by atoms with van der Waals surface area (Å²) < 4.78 is 0. The van der Waals surface area contributed by atoms with E-state index in [1.54, 1.807) is 0 Å². The molecule has 77 valence electrons. The van der Waals surface area contributed by atoms with Gasteiger partial charge in [-0.3, -0.25) is 4.79 Å². The maximum absolute atomic E-state index is 11.8. The molecule has 1 saturated carbocycles. The van der Waals surface area contributed by atoms with Gasteiger partial charge in [0.15, 0.2) is 0 Å². The van der Waals surface area contributed by atoms with Crippen molar-refractivity contribution in [2.75, 3.05) is 5.32 Å². The molecule has 1 N–H and O–H groups in total. The van der Waals surface area contributed by atoms with Crippen LogP contribution in [0.2, 0.25) is 0 Å². The molecule has 2 aliphatic rings. The number of hydrogen-bond donors (Lipinski definition) is 1. The average Bonchev–Trinajstić information content (AvgIpc) is 2.89. The normalized spacial score (nSPS) is 22.5. The van der Waals surface area contributed by atoms with Gasteiger partial charge in [-0.2, -0.15) is 0 Å². The molecule has 2 nitrogen and oxygen atoms in total. The molecule has 2 heteroatoms. The van der Waals surface area contributed by atoms with Crippen LogP contribution in [-0.4, -0.2) is 5.91 Å². The fraction of sp³-hybridized carbons (Fsp3) is 0. The van der Waals surface area contributed by atoms with E-state index in [9.17, 15) is 4.79 Å². The summed E-state index contributed by atoms with van der Waals surface area (Å²) >= 11 is 0. The first-order chi connectivity index (χ1) is 7.84. The van der Waals surface area contributed by atoms with E-state index in [4.69, 9.17) is 0 Å². The summed E-state index contributed by atoms with van der Waals surface area (Å²) in [7, 11) is 0. The van der Waals surface area contributed by atoms with Gasteiger partial charge in [0, 0.05) is 22.7 Å². The Balaban J connectivity index is 1.98. The number of nitrogens with one attached hydrogen (secondary N) is 1. The molecule has 5 radical (unpaired) electrons. The molecule has 16 heavy (non-hydrogen) atoms. The van der Waals surface area contributed by atoms with E-state index >= 15 is 0 Å². The number of amides is 1. The van der Waals surface area contributed by atoms with Crippen LogP contribution in [0, 0.1) is 31.6 Å². The second-order valence-corrected chi connectivity index (χ2v) is 3.78. The third-order valence-electron chi connectivity index (χ3n) is 2.71. The summed E-state index contributed by atoms with van der Waals surface area (Å²) in [5, 5.41) is 2.85. The van der Waals surface area contributed by atoms with Crippen molar-refractivity contribution in [2.45, 2.75) is 0 Å². The minimum absolute atomic E-state index is 0.0256. The third-order valence-corrected chi connectivity index (χ3v) is 2.71. The summed E-state index contributed by atoms with van der Waals surface area (Å²) in [4.78, 5) is 11.8.